The molecular weight excluding hydrogens is 285 g/mol. The number of benzene rings is 1. The fourth-order valence-electron chi connectivity index (χ4n) is 2.42. The van der Waals surface area contributed by atoms with Crippen molar-refractivity contribution in [3.8, 4) is 0 Å². The van der Waals surface area contributed by atoms with E-state index >= 15 is 0 Å². The molecule has 1 aromatic rings. The molecule has 3 N–H and O–H groups in total. The highest BCUT2D eigenvalue weighted by atomic mass is 19.4. The van der Waals surface area contributed by atoms with E-state index in [2.05, 4.69) is 5.32 Å². The van der Waals surface area contributed by atoms with Crippen LogP contribution in [0.25, 0.3) is 0 Å². The average molecular weight is 302 g/mol. The molecule has 21 heavy (non-hydrogen) atoms. The molecule has 116 valence electrons. The van der Waals surface area contributed by atoms with Gasteiger partial charge in [-0.1, -0.05) is 25.0 Å². The smallest absolute Gasteiger partial charge is 0.418 e. The summed E-state index contributed by atoms with van der Waals surface area (Å²) >= 11 is 0. The topological polar surface area (TPSA) is 64.3 Å². The summed E-state index contributed by atoms with van der Waals surface area (Å²) in [4.78, 5) is 11.6. The number of anilines is 1. The Bertz CT molecular complexity index is 511. The fourth-order valence-corrected chi connectivity index (χ4v) is 2.42. The predicted molar refractivity (Wildman–Crippen MR) is 71.8 cm³/mol. The lowest BCUT2D eigenvalue weighted by Crippen LogP contribution is -2.42. The summed E-state index contributed by atoms with van der Waals surface area (Å²) in [6.07, 6.45) is -2.02. The Hall–Kier alpha value is -1.76. The van der Waals surface area contributed by atoms with Crippen LogP contribution >= 0.6 is 0 Å². The number of ether oxygens (including phenoxy) is 1. The van der Waals surface area contributed by atoms with Crippen molar-refractivity contribution in [3.05, 3.63) is 29.8 Å². The number of para-hydroxylation sites is 1. The molecule has 0 aromatic heterocycles. The van der Waals surface area contributed by atoms with Crippen LogP contribution in [-0.2, 0) is 10.9 Å². The van der Waals surface area contributed by atoms with Gasteiger partial charge in [-0.05, 0) is 25.0 Å². The van der Waals surface area contributed by atoms with Crippen molar-refractivity contribution in [3.63, 3.8) is 0 Å². The first-order valence-corrected chi connectivity index (χ1v) is 6.69. The van der Waals surface area contributed by atoms with Gasteiger partial charge in [0.2, 0.25) is 0 Å². The summed E-state index contributed by atoms with van der Waals surface area (Å²) in [6, 6.07) is 4.74. The highest BCUT2D eigenvalue weighted by Gasteiger charge is 2.34. The summed E-state index contributed by atoms with van der Waals surface area (Å²) in [6.45, 7) is 0.00696. The Morgan fingerprint density at radius 3 is 2.52 bits per heavy atom. The standard InChI is InChI=1S/C14H17F3N2O2/c15-14(16,17)10-5-1-2-6-11(10)19-12(20)21-9-13(18)7-3-4-8-13/h1-2,5-6H,3-4,7-9,18H2,(H,19,20). The largest absolute Gasteiger partial charge is 0.447 e. The van der Waals surface area contributed by atoms with E-state index in [1.807, 2.05) is 0 Å². The zero-order valence-electron chi connectivity index (χ0n) is 11.4. The normalized spacial score (nSPS) is 17.5. The molecule has 0 atom stereocenters. The highest BCUT2D eigenvalue weighted by Crippen LogP contribution is 2.34. The quantitative estimate of drug-likeness (QED) is 0.897. The van der Waals surface area contributed by atoms with Gasteiger partial charge in [0.1, 0.15) is 6.61 Å². The number of alkyl halides is 3. The monoisotopic (exact) mass is 302 g/mol. The van der Waals surface area contributed by atoms with Crippen molar-refractivity contribution in [2.24, 2.45) is 5.73 Å². The molecule has 0 heterocycles. The van der Waals surface area contributed by atoms with Crippen molar-refractivity contribution in [2.75, 3.05) is 11.9 Å². The van der Waals surface area contributed by atoms with E-state index in [0.29, 0.717) is 0 Å². The summed E-state index contributed by atoms with van der Waals surface area (Å²) in [5.41, 5.74) is 4.22. The van der Waals surface area contributed by atoms with Gasteiger partial charge in [0.15, 0.2) is 0 Å². The first-order valence-electron chi connectivity index (χ1n) is 6.69. The summed E-state index contributed by atoms with van der Waals surface area (Å²) in [5.74, 6) is 0. The molecule has 7 heteroatoms. The fraction of sp³-hybridized carbons (Fsp3) is 0.500. The molecule has 1 aromatic carbocycles. The Kier molecular flexibility index (Phi) is 4.41. The van der Waals surface area contributed by atoms with E-state index in [-0.39, 0.29) is 12.3 Å². The molecule has 1 amide bonds. The SMILES string of the molecule is NC1(COC(=O)Nc2ccccc2C(F)(F)F)CCCC1. The van der Waals surface area contributed by atoms with Crippen LogP contribution in [0.5, 0.6) is 0 Å². The van der Waals surface area contributed by atoms with Crippen LogP contribution in [0.3, 0.4) is 0 Å². The summed E-state index contributed by atoms with van der Waals surface area (Å²) in [7, 11) is 0. The van der Waals surface area contributed by atoms with E-state index in [0.717, 1.165) is 31.7 Å². The molecule has 0 unspecified atom stereocenters. The average Bonchev–Trinajstić information content (AvgIpc) is 2.83. The van der Waals surface area contributed by atoms with Crippen molar-refractivity contribution in [1.29, 1.82) is 0 Å². The van der Waals surface area contributed by atoms with E-state index in [9.17, 15) is 18.0 Å². The molecule has 1 fully saturated rings. The zero-order valence-corrected chi connectivity index (χ0v) is 11.4. The number of hydrogen-bond donors (Lipinski definition) is 2. The molecule has 0 spiro atoms. The highest BCUT2D eigenvalue weighted by molar-refractivity contribution is 5.85. The zero-order chi connectivity index (χ0) is 15.5. The molecule has 4 nitrogen and oxygen atoms in total. The van der Waals surface area contributed by atoms with Crippen molar-refractivity contribution < 1.29 is 22.7 Å². The number of carbonyl (C=O) groups excluding carboxylic acids is 1. The molecule has 0 aliphatic heterocycles. The van der Waals surface area contributed by atoms with Crippen LogP contribution in [0.1, 0.15) is 31.2 Å². The van der Waals surface area contributed by atoms with Gasteiger partial charge in [-0.25, -0.2) is 4.79 Å². The van der Waals surface area contributed by atoms with Gasteiger partial charge in [-0.15, -0.1) is 0 Å². The van der Waals surface area contributed by atoms with Crippen molar-refractivity contribution in [2.45, 2.75) is 37.4 Å². The van der Waals surface area contributed by atoms with E-state index in [1.54, 1.807) is 0 Å². The second-order valence-corrected chi connectivity index (χ2v) is 5.31. The number of carbonyl (C=O) groups is 1. The summed E-state index contributed by atoms with van der Waals surface area (Å²) < 4.78 is 43.3. The lowest BCUT2D eigenvalue weighted by molar-refractivity contribution is -0.136. The molecule has 1 aliphatic carbocycles. The van der Waals surface area contributed by atoms with Crippen LogP contribution < -0.4 is 11.1 Å². The minimum Gasteiger partial charge on any atom is -0.447 e. The number of rotatable bonds is 3. The van der Waals surface area contributed by atoms with E-state index in [1.165, 1.54) is 18.2 Å². The maximum atomic E-state index is 12.8. The van der Waals surface area contributed by atoms with Gasteiger partial charge >= 0.3 is 12.3 Å². The molecule has 2 rings (SSSR count). The Balaban J connectivity index is 1.97. The third kappa shape index (κ3) is 4.10. The minimum atomic E-state index is -4.54. The molecule has 0 radical (unpaired) electrons. The second-order valence-electron chi connectivity index (χ2n) is 5.31. The lowest BCUT2D eigenvalue weighted by atomic mass is 10.0. The minimum absolute atomic E-state index is 0.00696. The lowest BCUT2D eigenvalue weighted by Gasteiger charge is -2.23. The van der Waals surface area contributed by atoms with Crippen LogP contribution in [0.2, 0.25) is 0 Å². The van der Waals surface area contributed by atoms with Crippen molar-refractivity contribution in [1.82, 2.24) is 0 Å². The van der Waals surface area contributed by atoms with Gasteiger partial charge < -0.3 is 10.5 Å². The first kappa shape index (κ1) is 15.6. The maximum Gasteiger partial charge on any atom is 0.418 e. The van der Waals surface area contributed by atoms with Crippen LogP contribution in [0.4, 0.5) is 23.7 Å². The van der Waals surface area contributed by atoms with Crippen LogP contribution in [0, 0.1) is 0 Å². The van der Waals surface area contributed by atoms with E-state index < -0.39 is 23.4 Å². The molecule has 1 saturated carbocycles. The first-order chi connectivity index (χ1) is 9.80. The van der Waals surface area contributed by atoms with Gasteiger partial charge in [0.05, 0.1) is 16.8 Å². The van der Waals surface area contributed by atoms with Crippen molar-refractivity contribution >= 4 is 11.8 Å². The Morgan fingerprint density at radius 1 is 1.29 bits per heavy atom. The van der Waals surface area contributed by atoms with Gasteiger partial charge in [-0.2, -0.15) is 13.2 Å². The van der Waals surface area contributed by atoms with E-state index in [4.69, 9.17) is 10.5 Å². The second kappa shape index (κ2) is 5.93. The third-order valence-electron chi connectivity index (χ3n) is 3.56. The third-order valence-corrected chi connectivity index (χ3v) is 3.56. The van der Waals surface area contributed by atoms with Crippen LogP contribution in [-0.4, -0.2) is 18.2 Å². The number of nitrogens with two attached hydrogens (primary N) is 1. The number of halogens is 3. The molecule has 1 aliphatic rings. The predicted octanol–water partition coefficient (Wildman–Crippen LogP) is 3.53. The molecular formula is C14H17F3N2O2. The Labute approximate surface area is 120 Å². The van der Waals surface area contributed by atoms with Crippen LogP contribution in [0.15, 0.2) is 24.3 Å². The number of amides is 1. The number of nitrogens with one attached hydrogen (secondary N) is 1. The molecule has 0 bridgehead atoms. The Morgan fingerprint density at radius 2 is 1.90 bits per heavy atom. The maximum absolute atomic E-state index is 12.8. The number of hydrogen-bond acceptors (Lipinski definition) is 3. The molecule has 0 saturated heterocycles. The summed E-state index contributed by atoms with van der Waals surface area (Å²) in [5, 5.41) is 2.12. The van der Waals surface area contributed by atoms with Gasteiger partial charge in [0, 0.05) is 0 Å². The van der Waals surface area contributed by atoms with Gasteiger partial charge in [-0.3, -0.25) is 5.32 Å². The van der Waals surface area contributed by atoms with Gasteiger partial charge in [0.25, 0.3) is 0 Å².